The lowest BCUT2D eigenvalue weighted by Gasteiger charge is -2.36. The number of non-ortho nitro benzene ring substituents is 1. The highest BCUT2D eigenvalue weighted by Gasteiger charge is 2.43. The van der Waals surface area contributed by atoms with Crippen molar-refractivity contribution in [1.29, 1.82) is 0 Å². The number of para-hydroxylation sites is 2. The van der Waals surface area contributed by atoms with Crippen molar-refractivity contribution in [3.63, 3.8) is 0 Å². The predicted octanol–water partition coefficient (Wildman–Crippen LogP) is 4.76. The molecule has 0 saturated carbocycles. The van der Waals surface area contributed by atoms with Gasteiger partial charge in [0.05, 0.1) is 28.3 Å². The fourth-order valence-electron chi connectivity index (χ4n) is 4.30. The van der Waals surface area contributed by atoms with E-state index in [2.05, 4.69) is 5.32 Å². The molecular weight excluding hydrogens is 382 g/mol. The van der Waals surface area contributed by atoms with E-state index in [-0.39, 0.29) is 17.4 Å². The highest BCUT2D eigenvalue weighted by atomic mass is 16.6. The summed E-state index contributed by atoms with van der Waals surface area (Å²) in [4.78, 5) is 38.8. The molecule has 1 aliphatic carbocycles. The number of fused-ring (bicyclic) bond motifs is 2. The Balaban J connectivity index is 1.93. The minimum absolute atomic E-state index is 0.0249. The van der Waals surface area contributed by atoms with E-state index in [0.29, 0.717) is 36.9 Å². The summed E-state index contributed by atoms with van der Waals surface area (Å²) in [7, 11) is 0. The maximum absolute atomic E-state index is 13.3. The Morgan fingerprint density at radius 1 is 1.20 bits per heavy atom. The molecule has 2 aromatic carbocycles. The van der Waals surface area contributed by atoms with Crippen LogP contribution in [0.1, 0.15) is 44.2 Å². The first-order valence-corrected chi connectivity index (χ1v) is 10.2. The lowest BCUT2D eigenvalue weighted by molar-refractivity contribution is -0.384. The van der Waals surface area contributed by atoms with Gasteiger partial charge in [-0.1, -0.05) is 37.3 Å². The molecule has 0 bridgehead atoms. The Labute approximate surface area is 174 Å². The van der Waals surface area contributed by atoms with Crippen molar-refractivity contribution in [2.24, 2.45) is 5.92 Å². The molecule has 2 aliphatic rings. The van der Waals surface area contributed by atoms with E-state index >= 15 is 0 Å². The maximum Gasteiger partial charge on any atom is 0.269 e. The number of nitrogens with zero attached hydrogens (tertiary/aromatic N) is 2. The second kappa shape index (κ2) is 8.10. The van der Waals surface area contributed by atoms with Gasteiger partial charge in [-0.25, -0.2) is 0 Å². The first-order chi connectivity index (χ1) is 14.5. The molecule has 4 rings (SSSR count). The molecule has 0 spiro atoms. The van der Waals surface area contributed by atoms with Gasteiger partial charge in [0.25, 0.3) is 5.69 Å². The number of ketones is 1. The standard InChI is InChI=1S/C23H23N3O4/c1-2-6-21(28)25-19-9-4-3-7-17(19)24-18-8-5-10-20(27)22(18)23(25)15-11-13-16(14-12-15)26(29)30/h3-4,7-9,11-14,22-24H,2,5-6,10H2,1H3/t22-,23-/m0/s1. The van der Waals surface area contributed by atoms with Gasteiger partial charge in [-0.15, -0.1) is 0 Å². The fraction of sp³-hybridized carbons (Fsp3) is 0.304. The van der Waals surface area contributed by atoms with Crippen molar-refractivity contribution in [1.82, 2.24) is 0 Å². The number of amides is 1. The molecule has 30 heavy (non-hydrogen) atoms. The van der Waals surface area contributed by atoms with Gasteiger partial charge in [0, 0.05) is 30.7 Å². The summed E-state index contributed by atoms with van der Waals surface area (Å²) >= 11 is 0. The minimum Gasteiger partial charge on any atom is -0.357 e. The zero-order valence-corrected chi connectivity index (χ0v) is 16.7. The number of nitro benzene ring substituents is 1. The Kier molecular flexibility index (Phi) is 5.35. The summed E-state index contributed by atoms with van der Waals surface area (Å²) in [6, 6.07) is 13.1. The molecule has 1 N–H and O–H groups in total. The lowest BCUT2D eigenvalue weighted by atomic mass is 9.81. The molecule has 0 radical (unpaired) electrons. The Morgan fingerprint density at radius 2 is 1.93 bits per heavy atom. The number of hydrogen-bond acceptors (Lipinski definition) is 5. The van der Waals surface area contributed by atoms with Crippen LogP contribution in [0.15, 0.2) is 60.3 Å². The second-order valence-corrected chi connectivity index (χ2v) is 7.59. The van der Waals surface area contributed by atoms with Gasteiger partial charge in [-0.2, -0.15) is 0 Å². The summed E-state index contributed by atoms with van der Waals surface area (Å²) in [5.41, 5.74) is 2.95. The summed E-state index contributed by atoms with van der Waals surface area (Å²) in [6.07, 6.45) is 4.10. The van der Waals surface area contributed by atoms with Crippen LogP contribution in [0, 0.1) is 16.0 Å². The third kappa shape index (κ3) is 3.47. The van der Waals surface area contributed by atoms with Crippen LogP contribution in [0.5, 0.6) is 0 Å². The number of benzene rings is 2. The fourth-order valence-corrected chi connectivity index (χ4v) is 4.30. The van der Waals surface area contributed by atoms with Crippen molar-refractivity contribution >= 4 is 28.8 Å². The average molecular weight is 405 g/mol. The molecule has 0 saturated heterocycles. The molecule has 154 valence electrons. The Morgan fingerprint density at radius 3 is 2.63 bits per heavy atom. The van der Waals surface area contributed by atoms with Crippen LogP contribution in [0.2, 0.25) is 0 Å². The van der Waals surface area contributed by atoms with Crippen molar-refractivity contribution < 1.29 is 14.5 Å². The molecule has 1 amide bonds. The molecule has 2 aromatic rings. The third-order valence-electron chi connectivity index (χ3n) is 5.65. The van der Waals surface area contributed by atoms with Gasteiger partial charge in [0.1, 0.15) is 5.78 Å². The van der Waals surface area contributed by atoms with Gasteiger partial charge in [-0.05, 0) is 30.5 Å². The van der Waals surface area contributed by atoms with E-state index in [1.54, 1.807) is 17.0 Å². The van der Waals surface area contributed by atoms with E-state index < -0.39 is 16.9 Å². The Hall–Kier alpha value is -3.48. The first-order valence-electron chi connectivity index (χ1n) is 10.2. The van der Waals surface area contributed by atoms with E-state index in [1.165, 1.54) is 12.1 Å². The van der Waals surface area contributed by atoms with Crippen molar-refractivity contribution in [3.05, 3.63) is 76.0 Å². The maximum atomic E-state index is 13.3. The minimum atomic E-state index is -0.569. The van der Waals surface area contributed by atoms with Gasteiger partial charge >= 0.3 is 0 Å². The van der Waals surface area contributed by atoms with Crippen LogP contribution in [-0.4, -0.2) is 16.6 Å². The smallest absolute Gasteiger partial charge is 0.269 e. The average Bonchev–Trinajstić information content (AvgIpc) is 2.89. The lowest BCUT2D eigenvalue weighted by Crippen LogP contribution is -2.41. The molecule has 0 aromatic heterocycles. The number of anilines is 2. The van der Waals surface area contributed by atoms with E-state index in [1.807, 2.05) is 37.3 Å². The van der Waals surface area contributed by atoms with Crippen LogP contribution in [0.25, 0.3) is 0 Å². The van der Waals surface area contributed by atoms with Crippen LogP contribution in [-0.2, 0) is 9.59 Å². The molecular formula is C23H23N3O4. The molecule has 0 unspecified atom stereocenters. The number of nitro groups is 1. The number of carbonyl (C=O) groups is 2. The molecule has 2 atom stereocenters. The highest BCUT2D eigenvalue weighted by molar-refractivity contribution is 6.01. The largest absolute Gasteiger partial charge is 0.357 e. The number of allylic oxidation sites excluding steroid dienone is 1. The van der Waals surface area contributed by atoms with Crippen molar-refractivity contribution in [2.75, 3.05) is 10.2 Å². The number of rotatable bonds is 4. The van der Waals surface area contributed by atoms with Gasteiger partial charge in [0.2, 0.25) is 5.91 Å². The van der Waals surface area contributed by atoms with Crippen LogP contribution < -0.4 is 10.2 Å². The van der Waals surface area contributed by atoms with E-state index in [9.17, 15) is 19.7 Å². The number of nitrogens with one attached hydrogen (secondary N) is 1. The quantitative estimate of drug-likeness (QED) is 0.585. The summed E-state index contributed by atoms with van der Waals surface area (Å²) in [5, 5.41) is 14.5. The van der Waals surface area contributed by atoms with Crippen molar-refractivity contribution in [3.8, 4) is 0 Å². The zero-order chi connectivity index (χ0) is 21.3. The topological polar surface area (TPSA) is 92.6 Å². The zero-order valence-electron chi connectivity index (χ0n) is 16.7. The van der Waals surface area contributed by atoms with Crippen LogP contribution >= 0.6 is 0 Å². The molecule has 7 nitrogen and oxygen atoms in total. The van der Waals surface area contributed by atoms with Gasteiger partial charge in [0.15, 0.2) is 0 Å². The highest BCUT2D eigenvalue weighted by Crippen LogP contribution is 2.46. The molecule has 1 aliphatic heterocycles. The summed E-state index contributed by atoms with van der Waals surface area (Å²) in [5.74, 6) is -0.561. The molecule has 7 heteroatoms. The summed E-state index contributed by atoms with van der Waals surface area (Å²) < 4.78 is 0. The van der Waals surface area contributed by atoms with Gasteiger partial charge in [-0.3, -0.25) is 19.7 Å². The third-order valence-corrected chi connectivity index (χ3v) is 5.65. The van der Waals surface area contributed by atoms with Crippen LogP contribution in [0.4, 0.5) is 17.1 Å². The number of Topliss-reactive ketones (excluding diaryl/α,β-unsaturated/α-hetero) is 1. The summed E-state index contributed by atoms with van der Waals surface area (Å²) in [6.45, 7) is 1.94. The van der Waals surface area contributed by atoms with E-state index in [4.69, 9.17) is 0 Å². The second-order valence-electron chi connectivity index (χ2n) is 7.59. The predicted molar refractivity (Wildman–Crippen MR) is 114 cm³/mol. The SMILES string of the molecule is CCCC(=O)N1c2ccccc2NC2=CCCC(=O)[C@H]2[C@@H]1c1ccc([N+](=O)[O-])cc1. The number of hydrogen-bond donors (Lipinski definition) is 1. The number of carbonyl (C=O) groups excluding carboxylic acids is 2. The first kappa shape index (κ1) is 19.8. The normalized spacial score (nSPS) is 20.4. The van der Waals surface area contributed by atoms with Crippen molar-refractivity contribution in [2.45, 2.75) is 38.6 Å². The monoisotopic (exact) mass is 405 g/mol. The van der Waals surface area contributed by atoms with E-state index in [0.717, 1.165) is 11.4 Å². The van der Waals surface area contributed by atoms with Gasteiger partial charge < -0.3 is 10.2 Å². The molecule has 0 fully saturated rings. The molecule has 1 heterocycles. The van der Waals surface area contributed by atoms with Crippen LogP contribution in [0.3, 0.4) is 0 Å². The Bertz CT molecular complexity index is 1030.